The molecule has 0 spiro atoms. The van der Waals surface area contributed by atoms with Gasteiger partial charge in [-0.25, -0.2) is 4.98 Å². The number of carbonyl (C=O) groups is 1. The van der Waals surface area contributed by atoms with Crippen molar-refractivity contribution in [1.29, 1.82) is 0 Å². The number of rotatable bonds is 4. The zero-order valence-electron chi connectivity index (χ0n) is 12.7. The predicted molar refractivity (Wildman–Crippen MR) is 83.0 cm³/mol. The van der Waals surface area contributed by atoms with E-state index >= 15 is 0 Å². The van der Waals surface area contributed by atoms with E-state index in [2.05, 4.69) is 28.2 Å². The average Bonchev–Trinajstić information content (AvgIpc) is 2.48. The number of hydrogen-bond acceptors (Lipinski definition) is 3. The van der Waals surface area contributed by atoms with E-state index in [1.54, 1.807) is 0 Å². The maximum Gasteiger partial charge on any atom is 0.228 e. The van der Waals surface area contributed by atoms with Crippen LogP contribution in [0.3, 0.4) is 0 Å². The molecule has 4 nitrogen and oxygen atoms in total. The molecule has 20 heavy (non-hydrogen) atoms. The van der Waals surface area contributed by atoms with Gasteiger partial charge in [0.15, 0.2) is 0 Å². The van der Waals surface area contributed by atoms with Crippen molar-refractivity contribution in [2.24, 2.45) is 5.92 Å². The van der Waals surface area contributed by atoms with E-state index in [-0.39, 0.29) is 11.8 Å². The lowest BCUT2D eigenvalue weighted by atomic mass is 9.99. The van der Waals surface area contributed by atoms with Crippen LogP contribution in [-0.4, -0.2) is 23.5 Å². The summed E-state index contributed by atoms with van der Waals surface area (Å²) in [6.07, 6.45) is 6.89. The second-order valence-electron chi connectivity index (χ2n) is 5.80. The van der Waals surface area contributed by atoms with E-state index in [1.165, 1.54) is 31.4 Å². The van der Waals surface area contributed by atoms with Gasteiger partial charge in [0.2, 0.25) is 5.91 Å². The molecule has 0 bridgehead atoms. The van der Waals surface area contributed by atoms with Gasteiger partial charge in [0.25, 0.3) is 0 Å². The molecule has 2 rings (SSSR count). The quantitative estimate of drug-likeness (QED) is 0.915. The number of pyridine rings is 1. The Labute approximate surface area is 121 Å². The van der Waals surface area contributed by atoms with Crippen LogP contribution in [0.25, 0.3) is 0 Å². The number of piperidine rings is 1. The van der Waals surface area contributed by atoms with Crippen LogP contribution in [0.5, 0.6) is 0 Å². The molecule has 1 aromatic rings. The summed E-state index contributed by atoms with van der Waals surface area (Å²) in [4.78, 5) is 18.5. The first-order valence-corrected chi connectivity index (χ1v) is 7.65. The number of carbonyl (C=O) groups excluding carboxylic acids is 1. The second-order valence-corrected chi connectivity index (χ2v) is 5.80. The molecule has 1 atom stereocenters. The predicted octanol–water partition coefficient (Wildman–Crippen LogP) is 3.45. The van der Waals surface area contributed by atoms with Crippen LogP contribution in [0.15, 0.2) is 18.3 Å². The lowest BCUT2D eigenvalue weighted by molar-refractivity contribution is -0.118. The van der Waals surface area contributed by atoms with Crippen molar-refractivity contribution in [3.05, 3.63) is 18.3 Å². The van der Waals surface area contributed by atoms with Crippen molar-refractivity contribution in [3.63, 3.8) is 0 Å². The Morgan fingerprint density at radius 2 is 2.25 bits per heavy atom. The van der Waals surface area contributed by atoms with Crippen molar-refractivity contribution in [3.8, 4) is 0 Å². The van der Waals surface area contributed by atoms with E-state index < -0.39 is 0 Å². The van der Waals surface area contributed by atoms with Gasteiger partial charge in [-0.3, -0.25) is 4.79 Å². The van der Waals surface area contributed by atoms with Gasteiger partial charge < -0.3 is 10.2 Å². The first kappa shape index (κ1) is 14.8. The summed E-state index contributed by atoms with van der Waals surface area (Å²) in [5.74, 6) is 0.621. The molecule has 0 aliphatic carbocycles. The molecule has 0 saturated carbocycles. The van der Waals surface area contributed by atoms with Gasteiger partial charge in [-0.15, -0.1) is 0 Å². The highest BCUT2D eigenvalue weighted by Gasteiger charge is 2.21. The summed E-state index contributed by atoms with van der Waals surface area (Å²) in [6, 6.07) is 4.59. The maximum absolute atomic E-state index is 11.6. The molecule has 0 aromatic carbocycles. The first-order valence-electron chi connectivity index (χ1n) is 7.65. The van der Waals surface area contributed by atoms with E-state index in [1.807, 2.05) is 26.1 Å². The summed E-state index contributed by atoms with van der Waals surface area (Å²) < 4.78 is 0. The Bertz CT molecular complexity index is 442. The minimum atomic E-state index is -0.0250. The zero-order chi connectivity index (χ0) is 14.5. The summed E-state index contributed by atoms with van der Waals surface area (Å²) in [5, 5.41) is 2.83. The average molecular weight is 275 g/mol. The fourth-order valence-corrected chi connectivity index (χ4v) is 2.67. The number of amides is 1. The molecular formula is C16H25N3O. The molecule has 0 radical (unpaired) electrons. The van der Waals surface area contributed by atoms with E-state index in [9.17, 15) is 4.79 Å². The Kier molecular flexibility index (Phi) is 4.99. The lowest BCUT2D eigenvalue weighted by Crippen LogP contribution is -2.39. The number of hydrogen-bond donors (Lipinski definition) is 1. The van der Waals surface area contributed by atoms with Crippen LogP contribution >= 0.6 is 0 Å². The van der Waals surface area contributed by atoms with Crippen molar-refractivity contribution in [1.82, 2.24) is 4.98 Å². The van der Waals surface area contributed by atoms with Gasteiger partial charge in [-0.05, 0) is 37.8 Å². The summed E-state index contributed by atoms with van der Waals surface area (Å²) in [5.41, 5.74) is 1.17. The molecule has 4 heteroatoms. The van der Waals surface area contributed by atoms with Gasteiger partial charge in [0.05, 0.1) is 11.9 Å². The smallest absolute Gasteiger partial charge is 0.228 e. The van der Waals surface area contributed by atoms with E-state index in [4.69, 9.17) is 0 Å². The fraction of sp³-hybridized carbons (Fsp3) is 0.625. The van der Waals surface area contributed by atoms with Gasteiger partial charge in [-0.2, -0.15) is 0 Å². The molecule has 1 fully saturated rings. The largest absolute Gasteiger partial charge is 0.367 e. The normalized spacial score (nSPS) is 19.2. The summed E-state index contributed by atoms with van der Waals surface area (Å²) in [6.45, 7) is 7.11. The van der Waals surface area contributed by atoms with Crippen LogP contribution in [0, 0.1) is 5.92 Å². The van der Waals surface area contributed by atoms with Crippen molar-refractivity contribution < 1.29 is 4.79 Å². The van der Waals surface area contributed by atoms with Crippen LogP contribution in [0.4, 0.5) is 11.5 Å². The first-order chi connectivity index (χ1) is 9.61. The number of nitrogens with one attached hydrogen (secondary N) is 1. The monoisotopic (exact) mass is 275 g/mol. The Morgan fingerprint density at radius 1 is 1.45 bits per heavy atom. The Balaban J connectivity index is 2.05. The van der Waals surface area contributed by atoms with Gasteiger partial charge in [0.1, 0.15) is 5.82 Å². The molecule has 1 aliphatic heterocycles. The van der Waals surface area contributed by atoms with Crippen LogP contribution in [0.1, 0.15) is 46.5 Å². The van der Waals surface area contributed by atoms with E-state index in [0.717, 1.165) is 6.54 Å². The molecule has 1 amide bonds. The van der Waals surface area contributed by atoms with Crippen LogP contribution in [-0.2, 0) is 4.79 Å². The van der Waals surface area contributed by atoms with Crippen molar-refractivity contribution >= 4 is 17.4 Å². The SMILES string of the molecule is CCC1CCCCN1c1ccc(NC(=O)C(C)C)nc1. The highest BCUT2D eigenvalue weighted by molar-refractivity contribution is 5.91. The Hall–Kier alpha value is -1.58. The maximum atomic E-state index is 11.6. The van der Waals surface area contributed by atoms with Gasteiger partial charge in [-0.1, -0.05) is 20.8 Å². The topological polar surface area (TPSA) is 45.2 Å². The molecule has 1 unspecified atom stereocenters. The standard InChI is InChI=1S/C16H25N3O/c1-4-13-7-5-6-10-19(13)14-8-9-15(17-11-14)18-16(20)12(2)3/h8-9,11-13H,4-7,10H2,1-3H3,(H,17,18,20). The summed E-state index contributed by atoms with van der Waals surface area (Å²) in [7, 11) is 0. The third kappa shape index (κ3) is 3.50. The van der Waals surface area contributed by atoms with Crippen LogP contribution in [0.2, 0.25) is 0 Å². The second kappa shape index (κ2) is 6.73. The minimum absolute atomic E-state index is 0.00894. The Morgan fingerprint density at radius 3 is 2.85 bits per heavy atom. The number of anilines is 2. The van der Waals surface area contributed by atoms with Crippen molar-refractivity contribution in [2.75, 3.05) is 16.8 Å². The highest BCUT2D eigenvalue weighted by atomic mass is 16.1. The van der Waals surface area contributed by atoms with Crippen LogP contribution < -0.4 is 10.2 Å². The van der Waals surface area contributed by atoms with Crippen molar-refractivity contribution in [2.45, 2.75) is 52.5 Å². The molecule has 1 aromatic heterocycles. The number of aromatic nitrogens is 1. The molecule has 1 N–H and O–H groups in total. The fourth-order valence-electron chi connectivity index (χ4n) is 2.67. The zero-order valence-corrected chi connectivity index (χ0v) is 12.7. The minimum Gasteiger partial charge on any atom is -0.367 e. The summed E-state index contributed by atoms with van der Waals surface area (Å²) >= 11 is 0. The number of nitrogens with zero attached hydrogens (tertiary/aromatic N) is 2. The van der Waals surface area contributed by atoms with Gasteiger partial charge >= 0.3 is 0 Å². The third-order valence-corrected chi connectivity index (χ3v) is 3.95. The van der Waals surface area contributed by atoms with E-state index in [0.29, 0.717) is 11.9 Å². The molecule has 1 saturated heterocycles. The molecule has 1 aliphatic rings. The highest BCUT2D eigenvalue weighted by Crippen LogP contribution is 2.26. The molecule has 110 valence electrons. The molecule has 2 heterocycles. The third-order valence-electron chi connectivity index (χ3n) is 3.95. The van der Waals surface area contributed by atoms with Gasteiger partial charge in [0, 0.05) is 18.5 Å². The lowest BCUT2D eigenvalue weighted by Gasteiger charge is -2.37. The molecular weight excluding hydrogens is 250 g/mol.